The van der Waals surface area contributed by atoms with Crippen LogP contribution in [-0.2, 0) is 6.42 Å². The van der Waals surface area contributed by atoms with E-state index < -0.39 is 0 Å². The molecule has 1 aliphatic rings. The molecule has 14 heavy (non-hydrogen) atoms. The summed E-state index contributed by atoms with van der Waals surface area (Å²) in [5.41, 5.74) is 2.80. The summed E-state index contributed by atoms with van der Waals surface area (Å²) >= 11 is 0. The minimum absolute atomic E-state index is 1.12. The van der Waals surface area contributed by atoms with Gasteiger partial charge in [-0.05, 0) is 41.3 Å². The molecule has 0 aromatic heterocycles. The summed E-state index contributed by atoms with van der Waals surface area (Å²) < 4.78 is 0. The van der Waals surface area contributed by atoms with Gasteiger partial charge in [0.05, 0.1) is 0 Å². The molecule has 0 bridgehead atoms. The van der Waals surface area contributed by atoms with Crippen LogP contribution in [0, 0.1) is 0 Å². The zero-order valence-corrected chi connectivity index (χ0v) is 8.09. The molecule has 1 heterocycles. The Labute approximate surface area is 83.8 Å². The Balaban J connectivity index is 2.27. The molecule has 0 spiro atoms. The number of nitrogens with one attached hydrogen (secondary N) is 1. The summed E-state index contributed by atoms with van der Waals surface area (Å²) in [6.45, 7) is 1.12. The third-order valence-electron chi connectivity index (χ3n) is 2.91. The fourth-order valence-electron chi connectivity index (χ4n) is 2.16. The van der Waals surface area contributed by atoms with Gasteiger partial charge in [0.15, 0.2) is 0 Å². The van der Waals surface area contributed by atoms with Gasteiger partial charge < -0.3 is 5.32 Å². The molecule has 1 heteroatoms. The van der Waals surface area contributed by atoms with Gasteiger partial charge in [-0.3, -0.25) is 0 Å². The maximum absolute atomic E-state index is 3.45. The quantitative estimate of drug-likeness (QED) is 0.661. The van der Waals surface area contributed by atoms with Gasteiger partial charge in [0.2, 0.25) is 0 Å². The molecule has 3 rings (SSSR count). The van der Waals surface area contributed by atoms with Crippen LogP contribution in [0.4, 0.5) is 5.69 Å². The SMILES string of the molecule is c1ccc2cc3c(cc2c1)CCCN3. The van der Waals surface area contributed by atoms with Gasteiger partial charge in [-0.15, -0.1) is 0 Å². The van der Waals surface area contributed by atoms with E-state index in [9.17, 15) is 0 Å². The highest BCUT2D eigenvalue weighted by molar-refractivity contribution is 5.87. The molecule has 0 amide bonds. The lowest BCUT2D eigenvalue weighted by molar-refractivity contribution is 0.832. The van der Waals surface area contributed by atoms with Crippen LogP contribution in [0.25, 0.3) is 10.8 Å². The van der Waals surface area contributed by atoms with E-state index in [0.717, 1.165) is 6.54 Å². The first-order chi connectivity index (χ1) is 6.93. The van der Waals surface area contributed by atoms with Crippen molar-refractivity contribution in [2.45, 2.75) is 12.8 Å². The van der Waals surface area contributed by atoms with E-state index in [4.69, 9.17) is 0 Å². The molecule has 1 N–H and O–H groups in total. The van der Waals surface area contributed by atoms with E-state index in [-0.39, 0.29) is 0 Å². The minimum Gasteiger partial charge on any atom is -0.385 e. The van der Waals surface area contributed by atoms with Crippen molar-refractivity contribution < 1.29 is 0 Å². The second kappa shape index (κ2) is 3.02. The largest absolute Gasteiger partial charge is 0.385 e. The van der Waals surface area contributed by atoms with Gasteiger partial charge in [0.25, 0.3) is 0 Å². The summed E-state index contributed by atoms with van der Waals surface area (Å²) in [5.74, 6) is 0. The molecule has 0 saturated carbocycles. The highest BCUT2D eigenvalue weighted by Gasteiger charge is 2.08. The van der Waals surface area contributed by atoms with Crippen molar-refractivity contribution >= 4 is 16.5 Å². The number of hydrogen-bond donors (Lipinski definition) is 1. The van der Waals surface area contributed by atoms with Crippen molar-refractivity contribution in [3.63, 3.8) is 0 Å². The molecule has 2 aromatic carbocycles. The van der Waals surface area contributed by atoms with Crippen LogP contribution in [0.2, 0.25) is 0 Å². The van der Waals surface area contributed by atoms with Gasteiger partial charge in [-0.25, -0.2) is 0 Å². The predicted octanol–water partition coefficient (Wildman–Crippen LogP) is 3.20. The first-order valence-corrected chi connectivity index (χ1v) is 5.19. The minimum atomic E-state index is 1.12. The van der Waals surface area contributed by atoms with Crippen LogP contribution < -0.4 is 5.32 Å². The smallest absolute Gasteiger partial charge is 0.0379 e. The van der Waals surface area contributed by atoms with Crippen LogP contribution in [0.1, 0.15) is 12.0 Å². The van der Waals surface area contributed by atoms with Crippen molar-refractivity contribution in [1.82, 2.24) is 0 Å². The van der Waals surface area contributed by atoms with Crippen LogP contribution >= 0.6 is 0 Å². The van der Waals surface area contributed by atoms with Crippen molar-refractivity contribution in [3.8, 4) is 0 Å². The molecule has 0 aliphatic carbocycles. The lowest BCUT2D eigenvalue weighted by atomic mass is 9.99. The fraction of sp³-hybridized carbons (Fsp3) is 0.231. The highest BCUT2D eigenvalue weighted by atomic mass is 14.9. The standard InChI is InChI=1S/C13H13N/c1-2-5-11-9-13-12(6-3-7-14-13)8-10(11)4-1/h1-2,4-5,8-9,14H,3,6-7H2. The molecular formula is C13H13N. The van der Waals surface area contributed by atoms with Crippen molar-refractivity contribution in [3.05, 3.63) is 42.0 Å². The van der Waals surface area contributed by atoms with Gasteiger partial charge in [0.1, 0.15) is 0 Å². The van der Waals surface area contributed by atoms with Crippen LogP contribution in [-0.4, -0.2) is 6.54 Å². The molecule has 0 atom stereocenters. The zero-order chi connectivity index (χ0) is 9.38. The number of rotatable bonds is 0. The fourth-order valence-corrected chi connectivity index (χ4v) is 2.16. The molecule has 0 fully saturated rings. The van der Waals surface area contributed by atoms with Crippen LogP contribution in [0.3, 0.4) is 0 Å². The Bertz CT molecular complexity index is 429. The molecule has 0 unspecified atom stereocenters. The van der Waals surface area contributed by atoms with Crippen molar-refractivity contribution in [1.29, 1.82) is 0 Å². The summed E-state index contributed by atoms with van der Waals surface area (Å²) in [7, 11) is 0. The van der Waals surface area contributed by atoms with E-state index in [1.54, 1.807) is 0 Å². The Morgan fingerprint density at radius 1 is 1.00 bits per heavy atom. The third kappa shape index (κ3) is 1.17. The lowest BCUT2D eigenvalue weighted by Gasteiger charge is -2.18. The Morgan fingerprint density at radius 3 is 2.64 bits per heavy atom. The number of benzene rings is 2. The summed E-state index contributed by atoms with van der Waals surface area (Å²) in [6, 6.07) is 13.1. The van der Waals surface area contributed by atoms with Crippen LogP contribution in [0.5, 0.6) is 0 Å². The first-order valence-electron chi connectivity index (χ1n) is 5.19. The molecule has 0 radical (unpaired) electrons. The molecule has 2 aromatic rings. The number of aryl methyl sites for hydroxylation is 1. The average Bonchev–Trinajstić information content (AvgIpc) is 2.26. The molecule has 70 valence electrons. The van der Waals surface area contributed by atoms with Crippen molar-refractivity contribution in [2.75, 3.05) is 11.9 Å². The van der Waals surface area contributed by atoms with E-state index in [1.807, 2.05) is 0 Å². The predicted molar refractivity (Wildman–Crippen MR) is 60.8 cm³/mol. The zero-order valence-electron chi connectivity index (χ0n) is 8.09. The van der Waals surface area contributed by atoms with Gasteiger partial charge in [-0.2, -0.15) is 0 Å². The maximum atomic E-state index is 3.45. The van der Waals surface area contributed by atoms with E-state index in [0.29, 0.717) is 0 Å². The van der Waals surface area contributed by atoms with Gasteiger partial charge >= 0.3 is 0 Å². The Morgan fingerprint density at radius 2 is 1.79 bits per heavy atom. The Kier molecular flexibility index (Phi) is 1.69. The second-order valence-electron chi connectivity index (χ2n) is 3.89. The van der Waals surface area contributed by atoms with Crippen LogP contribution in [0.15, 0.2) is 36.4 Å². The second-order valence-corrected chi connectivity index (χ2v) is 3.89. The average molecular weight is 183 g/mol. The summed E-state index contributed by atoms with van der Waals surface area (Å²) in [4.78, 5) is 0. The lowest BCUT2D eigenvalue weighted by Crippen LogP contribution is -2.11. The first kappa shape index (κ1) is 7.86. The maximum Gasteiger partial charge on any atom is 0.0379 e. The normalized spacial score (nSPS) is 14.9. The van der Waals surface area contributed by atoms with Gasteiger partial charge in [0, 0.05) is 12.2 Å². The third-order valence-corrected chi connectivity index (χ3v) is 2.91. The molecular weight excluding hydrogens is 170 g/mol. The van der Waals surface area contributed by atoms with E-state index in [1.165, 1.54) is 34.9 Å². The number of anilines is 1. The summed E-state index contributed by atoms with van der Waals surface area (Å²) in [6.07, 6.45) is 2.47. The topological polar surface area (TPSA) is 12.0 Å². The number of fused-ring (bicyclic) bond motifs is 2. The monoisotopic (exact) mass is 183 g/mol. The van der Waals surface area contributed by atoms with E-state index >= 15 is 0 Å². The Hall–Kier alpha value is -1.50. The molecule has 1 nitrogen and oxygen atoms in total. The highest BCUT2D eigenvalue weighted by Crippen LogP contribution is 2.27. The molecule has 1 aliphatic heterocycles. The van der Waals surface area contributed by atoms with Crippen molar-refractivity contribution in [2.24, 2.45) is 0 Å². The summed E-state index contributed by atoms with van der Waals surface area (Å²) in [5, 5.41) is 6.15. The number of hydrogen-bond acceptors (Lipinski definition) is 1. The van der Waals surface area contributed by atoms with E-state index in [2.05, 4.69) is 41.7 Å². The van der Waals surface area contributed by atoms with Gasteiger partial charge in [-0.1, -0.05) is 24.3 Å². The molecule has 0 saturated heterocycles.